The van der Waals surface area contributed by atoms with Gasteiger partial charge in [-0.3, -0.25) is 25.3 Å². The van der Waals surface area contributed by atoms with Crippen molar-refractivity contribution in [2.75, 3.05) is 26.3 Å². The van der Waals surface area contributed by atoms with Gasteiger partial charge in [-0.1, -0.05) is 12.8 Å². The van der Waals surface area contributed by atoms with Gasteiger partial charge in [0.2, 0.25) is 0 Å². The van der Waals surface area contributed by atoms with Gasteiger partial charge in [0.15, 0.2) is 0 Å². The van der Waals surface area contributed by atoms with E-state index in [2.05, 4.69) is 38.1 Å². The van der Waals surface area contributed by atoms with Crippen molar-refractivity contribution in [3.8, 4) is 12.1 Å². The molecule has 3 heterocycles. The van der Waals surface area contributed by atoms with Gasteiger partial charge in [0.25, 0.3) is 5.91 Å². The zero-order chi connectivity index (χ0) is 18.1. The highest BCUT2D eigenvalue weighted by molar-refractivity contribution is 5.82. The Labute approximate surface area is 154 Å². The zero-order valence-corrected chi connectivity index (χ0v) is 15.0. The zero-order valence-electron chi connectivity index (χ0n) is 15.0. The molecule has 0 radical (unpaired) electrons. The average Bonchev–Trinajstić information content (AvgIpc) is 3.10. The topological polar surface area (TPSA) is 107 Å². The van der Waals surface area contributed by atoms with E-state index in [0.717, 1.165) is 45.4 Å². The van der Waals surface area contributed by atoms with Crippen molar-refractivity contribution in [3.63, 3.8) is 0 Å². The lowest BCUT2D eigenvalue weighted by Gasteiger charge is -2.46. The van der Waals surface area contributed by atoms with Crippen LogP contribution in [-0.4, -0.2) is 66.2 Å². The van der Waals surface area contributed by atoms with Crippen LogP contribution in [0.4, 0.5) is 0 Å². The van der Waals surface area contributed by atoms with E-state index in [-0.39, 0.29) is 17.9 Å². The molecule has 4 rings (SSSR count). The van der Waals surface area contributed by atoms with Crippen molar-refractivity contribution < 1.29 is 4.79 Å². The fourth-order valence-electron chi connectivity index (χ4n) is 5.29. The Kier molecular flexibility index (Phi) is 5.10. The van der Waals surface area contributed by atoms with E-state index in [1.54, 1.807) is 0 Å². The van der Waals surface area contributed by atoms with Crippen molar-refractivity contribution >= 4 is 5.91 Å². The standard InChI is InChI=1S/C18H27N7O/c19-7-12-3-1-2-4-15(12)25-11-21-14-5-6-24(10-17(14)25)16-9-22-23-18(26)13(16)8-20/h12-17,21-22H,1-6,9-11H2,(H,23,26). The summed E-state index contributed by atoms with van der Waals surface area (Å²) in [6, 6.07) is 5.76. The molecule has 140 valence electrons. The highest BCUT2D eigenvalue weighted by Crippen LogP contribution is 2.34. The second kappa shape index (κ2) is 7.50. The van der Waals surface area contributed by atoms with E-state index in [1.165, 1.54) is 6.42 Å². The summed E-state index contributed by atoms with van der Waals surface area (Å²) in [5.41, 5.74) is 5.51. The number of piperidine rings is 1. The van der Waals surface area contributed by atoms with Gasteiger partial charge in [0, 0.05) is 50.5 Å². The normalized spacial score (nSPS) is 41.7. The van der Waals surface area contributed by atoms with Gasteiger partial charge >= 0.3 is 0 Å². The van der Waals surface area contributed by atoms with E-state index in [1.807, 2.05) is 0 Å². The molecule has 3 saturated heterocycles. The summed E-state index contributed by atoms with van der Waals surface area (Å²) in [5.74, 6) is -0.741. The number of hydrazine groups is 1. The Hall–Kier alpha value is -1.71. The highest BCUT2D eigenvalue weighted by atomic mass is 16.2. The van der Waals surface area contributed by atoms with Gasteiger partial charge in [0.1, 0.15) is 5.92 Å². The lowest BCUT2D eigenvalue weighted by molar-refractivity contribution is -0.129. The van der Waals surface area contributed by atoms with Crippen LogP contribution in [-0.2, 0) is 4.79 Å². The molecular weight excluding hydrogens is 330 g/mol. The Morgan fingerprint density at radius 3 is 2.69 bits per heavy atom. The average molecular weight is 357 g/mol. The summed E-state index contributed by atoms with van der Waals surface area (Å²) in [4.78, 5) is 16.8. The molecule has 1 saturated carbocycles. The SMILES string of the molecule is N#CC1CCCCC1N1CNC2CCN(C3CNNC(=O)C3C#N)CC21. The largest absolute Gasteiger partial charge is 0.300 e. The predicted molar refractivity (Wildman–Crippen MR) is 94.0 cm³/mol. The molecule has 3 aliphatic heterocycles. The van der Waals surface area contributed by atoms with Crippen LogP contribution >= 0.6 is 0 Å². The van der Waals surface area contributed by atoms with Crippen molar-refractivity contribution in [2.24, 2.45) is 11.8 Å². The quantitative estimate of drug-likeness (QED) is 0.612. The van der Waals surface area contributed by atoms with E-state index in [9.17, 15) is 15.3 Å². The number of carbonyl (C=O) groups is 1. The number of nitrogens with zero attached hydrogens (tertiary/aromatic N) is 4. The third kappa shape index (κ3) is 3.08. The molecule has 8 nitrogen and oxygen atoms in total. The third-order valence-corrected chi connectivity index (χ3v) is 6.69. The first-order chi connectivity index (χ1) is 12.7. The smallest absolute Gasteiger partial charge is 0.253 e. The van der Waals surface area contributed by atoms with Crippen LogP contribution in [0.25, 0.3) is 0 Å². The predicted octanol–water partition coefficient (Wildman–Crippen LogP) is -0.483. The summed E-state index contributed by atoms with van der Waals surface area (Å²) in [5, 5.41) is 22.7. The summed E-state index contributed by atoms with van der Waals surface area (Å²) >= 11 is 0. The molecule has 4 fully saturated rings. The van der Waals surface area contributed by atoms with Crippen LogP contribution in [0.15, 0.2) is 0 Å². The summed E-state index contributed by atoms with van der Waals surface area (Å²) < 4.78 is 0. The molecule has 0 bridgehead atoms. The molecule has 6 unspecified atom stereocenters. The van der Waals surface area contributed by atoms with Gasteiger partial charge < -0.3 is 0 Å². The number of likely N-dealkylation sites (tertiary alicyclic amines) is 1. The number of nitrogens with one attached hydrogen (secondary N) is 3. The number of fused-ring (bicyclic) bond motifs is 1. The van der Waals surface area contributed by atoms with E-state index in [0.29, 0.717) is 24.7 Å². The van der Waals surface area contributed by atoms with Gasteiger partial charge in [-0.25, -0.2) is 5.43 Å². The maximum absolute atomic E-state index is 12.0. The van der Waals surface area contributed by atoms with Crippen molar-refractivity contribution in [1.82, 2.24) is 26.0 Å². The molecule has 8 heteroatoms. The fraction of sp³-hybridized carbons (Fsp3) is 0.833. The van der Waals surface area contributed by atoms with Crippen molar-refractivity contribution in [3.05, 3.63) is 0 Å². The molecule has 0 aromatic heterocycles. The molecule has 6 atom stereocenters. The number of hydrogen-bond donors (Lipinski definition) is 3. The minimum atomic E-state index is -0.628. The molecule has 3 N–H and O–H groups in total. The summed E-state index contributed by atoms with van der Waals surface area (Å²) in [6.07, 6.45) is 5.47. The number of carbonyl (C=O) groups excluding carboxylic acids is 1. The third-order valence-electron chi connectivity index (χ3n) is 6.69. The van der Waals surface area contributed by atoms with Crippen molar-refractivity contribution in [1.29, 1.82) is 10.5 Å². The Balaban J connectivity index is 1.49. The molecule has 26 heavy (non-hydrogen) atoms. The van der Waals surface area contributed by atoms with Crippen LogP contribution in [0.2, 0.25) is 0 Å². The van der Waals surface area contributed by atoms with Crippen LogP contribution in [0.3, 0.4) is 0 Å². The van der Waals surface area contributed by atoms with Gasteiger partial charge in [-0.2, -0.15) is 10.5 Å². The number of hydrogen-bond acceptors (Lipinski definition) is 7. The Morgan fingerprint density at radius 1 is 1.04 bits per heavy atom. The molecule has 0 aromatic carbocycles. The maximum Gasteiger partial charge on any atom is 0.253 e. The Bertz CT molecular complexity index is 626. The van der Waals surface area contributed by atoms with Crippen molar-refractivity contribution in [2.45, 2.75) is 56.3 Å². The van der Waals surface area contributed by atoms with Crippen LogP contribution < -0.4 is 16.2 Å². The first-order valence-corrected chi connectivity index (χ1v) is 9.78. The van der Waals surface area contributed by atoms with Crippen LogP contribution in [0, 0.1) is 34.5 Å². The molecule has 1 amide bonds. The summed E-state index contributed by atoms with van der Waals surface area (Å²) in [6.45, 7) is 3.19. The molecule has 0 spiro atoms. The fourth-order valence-corrected chi connectivity index (χ4v) is 5.29. The van der Waals surface area contributed by atoms with Gasteiger partial charge in [-0.05, 0) is 19.3 Å². The molecule has 0 aromatic rings. The van der Waals surface area contributed by atoms with Gasteiger partial charge in [0.05, 0.1) is 18.1 Å². The number of rotatable bonds is 2. The van der Waals surface area contributed by atoms with E-state index >= 15 is 0 Å². The van der Waals surface area contributed by atoms with E-state index in [4.69, 9.17) is 0 Å². The first kappa shape index (κ1) is 17.7. The number of nitriles is 2. The molecule has 1 aliphatic carbocycles. The van der Waals surface area contributed by atoms with Gasteiger partial charge in [-0.15, -0.1) is 0 Å². The lowest BCUT2D eigenvalue weighted by Crippen LogP contribution is -2.64. The van der Waals surface area contributed by atoms with Crippen LogP contribution in [0.5, 0.6) is 0 Å². The molecular formula is C18H27N7O. The summed E-state index contributed by atoms with van der Waals surface area (Å²) in [7, 11) is 0. The highest BCUT2D eigenvalue weighted by Gasteiger charge is 2.46. The number of amides is 1. The maximum atomic E-state index is 12.0. The Morgan fingerprint density at radius 2 is 1.88 bits per heavy atom. The molecule has 4 aliphatic rings. The minimum Gasteiger partial charge on any atom is -0.300 e. The monoisotopic (exact) mass is 357 g/mol. The second-order valence-corrected chi connectivity index (χ2v) is 7.97. The first-order valence-electron chi connectivity index (χ1n) is 9.78. The minimum absolute atomic E-state index is 0.0877. The van der Waals surface area contributed by atoms with E-state index < -0.39 is 5.92 Å². The lowest BCUT2D eigenvalue weighted by atomic mass is 9.83. The second-order valence-electron chi connectivity index (χ2n) is 7.97. The van der Waals surface area contributed by atoms with Crippen LogP contribution in [0.1, 0.15) is 32.1 Å².